The van der Waals surface area contributed by atoms with E-state index in [4.69, 9.17) is 9.15 Å². The van der Waals surface area contributed by atoms with Gasteiger partial charge in [0.25, 0.3) is 5.56 Å². The molecule has 2 heterocycles. The molecule has 7 nitrogen and oxygen atoms in total. The molecule has 0 aliphatic heterocycles. The number of hydrogen-bond acceptors (Lipinski definition) is 4. The van der Waals surface area contributed by atoms with Gasteiger partial charge >= 0.3 is 6.03 Å². The van der Waals surface area contributed by atoms with E-state index in [0.717, 1.165) is 22.0 Å². The van der Waals surface area contributed by atoms with E-state index in [1.807, 2.05) is 44.2 Å². The van der Waals surface area contributed by atoms with Crippen molar-refractivity contribution in [3.05, 3.63) is 93.7 Å². The number of hydrogen-bond donors (Lipinski definition) is 2. The summed E-state index contributed by atoms with van der Waals surface area (Å²) in [7, 11) is 1.55. The number of furan rings is 1. The fourth-order valence-corrected chi connectivity index (χ4v) is 3.58. The van der Waals surface area contributed by atoms with E-state index >= 15 is 0 Å². The van der Waals surface area contributed by atoms with Crippen LogP contribution in [-0.4, -0.2) is 23.0 Å². The SMILES string of the molecule is COc1ccccc1NC(=O)N(Cc1ccco1)Cc1cc2cc(C)c(C)cc2[nH]c1=O. The number of nitrogens with one attached hydrogen (secondary N) is 2. The first-order valence-electron chi connectivity index (χ1n) is 10.3. The standard InChI is InChI=1S/C25H25N3O4/c1-16-11-18-13-19(24(29)26-22(18)12-17(16)2)14-28(15-20-7-6-10-32-20)25(30)27-21-8-4-5-9-23(21)31-3/h4-13H,14-15H2,1-3H3,(H,26,29)(H,27,30). The van der Waals surface area contributed by atoms with E-state index in [1.54, 1.807) is 37.6 Å². The summed E-state index contributed by atoms with van der Waals surface area (Å²) < 4.78 is 10.8. The first-order valence-corrected chi connectivity index (χ1v) is 10.3. The highest BCUT2D eigenvalue weighted by Crippen LogP contribution is 2.24. The Bertz CT molecular complexity index is 1310. The van der Waals surface area contributed by atoms with E-state index in [9.17, 15) is 9.59 Å². The number of pyridine rings is 1. The number of aryl methyl sites for hydroxylation is 2. The van der Waals surface area contributed by atoms with Gasteiger partial charge in [0.15, 0.2) is 0 Å². The lowest BCUT2D eigenvalue weighted by Gasteiger charge is -2.23. The minimum atomic E-state index is -0.370. The van der Waals surface area contributed by atoms with Crippen molar-refractivity contribution in [1.82, 2.24) is 9.88 Å². The number of amides is 2. The molecule has 2 aromatic heterocycles. The fourth-order valence-electron chi connectivity index (χ4n) is 3.58. The Balaban J connectivity index is 1.66. The molecule has 32 heavy (non-hydrogen) atoms. The Morgan fingerprint density at radius 1 is 1.06 bits per heavy atom. The van der Waals surface area contributed by atoms with Crippen LogP contribution in [-0.2, 0) is 13.1 Å². The van der Waals surface area contributed by atoms with Crippen LogP contribution in [0.5, 0.6) is 5.75 Å². The van der Waals surface area contributed by atoms with Crippen molar-refractivity contribution in [1.29, 1.82) is 0 Å². The summed E-state index contributed by atoms with van der Waals surface area (Å²) in [6.45, 7) is 4.36. The molecule has 4 rings (SSSR count). The van der Waals surface area contributed by atoms with E-state index in [0.29, 0.717) is 22.8 Å². The first kappa shape index (κ1) is 21.2. The first-order chi connectivity index (χ1) is 15.4. The Kier molecular flexibility index (Phi) is 5.98. The lowest BCUT2D eigenvalue weighted by atomic mass is 10.0. The highest BCUT2D eigenvalue weighted by molar-refractivity contribution is 5.91. The molecule has 4 aromatic rings. The van der Waals surface area contributed by atoms with Gasteiger partial charge in [-0.25, -0.2) is 4.79 Å². The second kappa shape index (κ2) is 9.01. The number of anilines is 1. The normalized spacial score (nSPS) is 10.8. The van der Waals surface area contributed by atoms with Gasteiger partial charge in [-0.2, -0.15) is 0 Å². The number of fused-ring (bicyclic) bond motifs is 1. The third-order valence-corrected chi connectivity index (χ3v) is 5.46. The number of H-pyrrole nitrogens is 1. The molecule has 0 spiro atoms. The minimum Gasteiger partial charge on any atom is -0.495 e. The molecule has 164 valence electrons. The van der Waals surface area contributed by atoms with Gasteiger partial charge in [-0.05, 0) is 72.8 Å². The molecule has 2 amide bonds. The fraction of sp³-hybridized carbons (Fsp3) is 0.200. The van der Waals surface area contributed by atoms with Crippen molar-refractivity contribution in [3.8, 4) is 5.75 Å². The number of nitrogens with zero attached hydrogens (tertiary/aromatic N) is 1. The second-order valence-corrected chi connectivity index (χ2v) is 7.71. The van der Waals surface area contributed by atoms with Crippen LogP contribution >= 0.6 is 0 Å². The Morgan fingerprint density at radius 3 is 2.59 bits per heavy atom. The second-order valence-electron chi connectivity index (χ2n) is 7.71. The molecule has 0 saturated carbocycles. The molecule has 2 N–H and O–H groups in total. The lowest BCUT2D eigenvalue weighted by Crippen LogP contribution is -2.35. The maximum absolute atomic E-state index is 13.2. The van der Waals surface area contributed by atoms with Gasteiger partial charge in [0, 0.05) is 11.1 Å². The van der Waals surface area contributed by atoms with Crippen molar-refractivity contribution < 1.29 is 13.9 Å². The number of aromatic amines is 1. The Hall–Kier alpha value is -4.00. The Morgan fingerprint density at radius 2 is 1.84 bits per heavy atom. The smallest absolute Gasteiger partial charge is 0.322 e. The monoisotopic (exact) mass is 431 g/mol. The number of benzene rings is 2. The maximum atomic E-state index is 13.2. The summed E-state index contributed by atoms with van der Waals surface area (Å²) in [5, 5.41) is 3.80. The number of aromatic nitrogens is 1. The molecule has 0 bridgehead atoms. The van der Waals surface area contributed by atoms with Crippen LogP contribution in [0.2, 0.25) is 0 Å². The molecular formula is C25H25N3O4. The van der Waals surface area contributed by atoms with Crippen molar-refractivity contribution in [2.45, 2.75) is 26.9 Å². The van der Waals surface area contributed by atoms with Gasteiger partial charge in [0.2, 0.25) is 0 Å². The van der Waals surface area contributed by atoms with Crippen LogP contribution < -0.4 is 15.6 Å². The zero-order chi connectivity index (χ0) is 22.7. The molecule has 7 heteroatoms. The molecule has 0 fully saturated rings. The molecular weight excluding hydrogens is 406 g/mol. The topological polar surface area (TPSA) is 87.6 Å². The van der Waals surface area contributed by atoms with E-state index < -0.39 is 0 Å². The number of urea groups is 1. The molecule has 0 unspecified atom stereocenters. The van der Waals surface area contributed by atoms with Crippen molar-refractivity contribution in [3.63, 3.8) is 0 Å². The van der Waals surface area contributed by atoms with Crippen LogP contribution in [0.4, 0.5) is 10.5 Å². The van der Waals surface area contributed by atoms with Crippen LogP contribution in [0.3, 0.4) is 0 Å². The van der Waals surface area contributed by atoms with Gasteiger partial charge in [0.05, 0.1) is 32.1 Å². The van der Waals surface area contributed by atoms with Crippen LogP contribution in [0.25, 0.3) is 10.9 Å². The number of rotatable bonds is 6. The van der Waals surface area contributed by atoms with Gasteiger partial charge < -0.3 is 24.4 Å². The predicted molar refractivity (Wildman–Crippen MR) is 124 cm³/mol. The highest BCUT2D eigenvalue weighted by atomic mass is 16.5. The third kappa shape index (κ3) is 4.51. The third-order valence-electron chi connectivity index (χ3n) is 5.46. The summed E-state index contributed by atoms with van der Waals surface area (Å²) in [5.74, 6) is 1.16. The summed E-state index contributed by atoms with van der Waals surface area (Å²) in [6, 6.07) is 16.2. The number of para-hydroxylation sites is 2. The molecule has 0 atom stereocenters. The summed E-state index contributed by atoms with van der Waals surface area (Å²) >= 11 is 0. The maximum Gasteiger partial charge on any atom is 0.322 e. The number of methoxy groups -OCH3 is 1. The van der Waals surface area contributed by atoms with E-state index in [-0.39, 0.29) is 24.7 Å². The van der Waals surface area contributed by atoms with Crippen molar-refractivity contribution in [2.75, 3.05) is 12.4 Å². The zero-order valence-corrected chi connectivity index (χ0v) is 18.3. The number of ether oxygens (including phenoxy) is 1. The van der Waals surface area contributed by atoms with Crippen LogP contribution in [0, 0.1) is 13.8 Å². The molecule has 2 aromatic carbocycles. The zero-order valence-electron chi connectivity index (χ0n) is 18.3. The predicted octanol–water partition coefficient (Wildman–Crippen LogP) is 4.98. The highest BCUT2D eigenvalue weighted by Gasteiger charge is 2.19. The van der Waals surface area contributed by atoms with Crippen molar-refractivity contribution in [2.24, 2.45) is 0 Å². The van der Waals surface area contributed by atoms with Gasteiger partial charge in [0.1, 0.15) is 11.5 Å². The van der Waals surface area contributed by atoms with E-state index in [1.165, 1.54) is 4.90 Å². The van der Waals surface area contributed by atoms with Crippen molar-refractivity contribution >= 4 is 22.6 Å². The van der Waals surface area contributed by atoms with Gasteiger partial charge in [-0.1, -0.05) is 12.1 Å². The molecule has 0 saturated heterocycles. The van der Waals surface area contributed by atoms with Gasteiger partial charge in [-0.3, -0.25) is 4.79 Å². The summed E-state index contributed by atoms with van der Waals surface area (Å²) in [6.07, 6.45) is 1.56. The average Bonchev–Trinajstić information content (AvgIpc) is 3.29. The van der Waals surface area contributed by atoms with Crippen LogP contribution in [0.15, 0.2) is 70.1 Å². The quantitative estimate of drug-likeness (QED) is 0.451. The van der Waals surface area contributed by atoms with Gasteiger partial charge in [-0.15, -0.1) is 0 Å². The average molecular weight is 431 g/mol. The summed E-state index contributed by atoms with van der Waals surface area (Å²) in [5.41, 5.74) is 3.83. The molecule has 0 aliphatic carbocycles. The lowest BCUT2D eigenvalue weighted by molar-refractivity contribution is 0.201. The molecule has 0 radical (unpaired) electrons. The van der Waals surface area contributed by atoms with E-state index in [2.05, 4.69) is 10.3 Å². The Labute approximate surface area is 185 Å². The van der Waals surface area contributed by atoms with Crippen LogP contribution in [0.1, 0.15) is 22.5 Å². The largest absolute Gasteiger partial charge is 0.495 e. The minimum absolute atomic E-state index is 0.111. The summed E-state index contributed by atoms with van der Waals surface area (Å²) in [4.78, 5) is 30.5. The molecule has 0 aliphatic rings. The number of carbonyl (C=O) groups excluding carboxylic acids is 1. The number of carbonyl (C=O) groups is 1.